The van der Waals surface area contributed by atoms with Crippen molar-refractivity contribution in [1.82, 2.24) is 16.2 Å². The molecule has 6 nitrogen and oxygen atoms in total. The number of carbonyl (C=O) groups is 2. The molecular formula is C17H17ClN4O2S. The smallest absolute Gasteiger partial charge is 0.260 e. The summed E-state index contributed by atoms with van der Waals surface area (Å²) >= 11 is 11.0. The molecular weight excluding hydrogens is 360 g/mol. The Bertz CT molecular complexity index is 770. The lowest BCUT2D eigenvalue weighted by atomic mass is 10.2. The van der Waals surface area contributed by atoms with Crippen LogP contribution in [0.2, 0.25) is 5.02 Å². The first-order valence-electron chi connectivity index (χ1n) is 7.44. The predicted molar refractivity (Wildman–Crippen MR) is 102 cm³/mol. The Kier molecular flexibility index (Phi) is 6.73. The maximum atomic E-state index is 12.1. The molecule has 0 saturated heterocycles. The molecule has 25 heavy (non-hydrogen) atoms. The Labute approximate surface area is 155 Å². The largest absolute Gasteiger partial charge is 0.340 e. The molecule has 0 saturated carbocycles. The number of nitrogens with one attached hydrogen (secondary N) is 4. The first kappa shape index (κ1) is 18.7. The van der Waals surface area contributed by atoms with Gasteiger partial charge in [-0.15, -0.1) is 0 Å². The lowest BCUT2D eigenvalue weighted by molar-refractivity contribution is -0.123. The second-order valence-corrected chi connectivity index (χ2v) is 5.92. The van der Waals surface area contributed by atoms with E-state index in [-0.39, 0.29) is 5.11 Å². The lowest BCUT2D eigenvalue weighted by Crippen LogP contribution is -2.51. The zero-order valence-electron chi connectivity index (χ0n) is 13.4. The SMILES string of the molecule is CC(NC(=O)c1ccccc1Cl)C(=O)NNC(=S)Nc1ccccc1. The van der Waals surface area contributed by atoms with Crippen molar-refractivity contribution in [3.8, 4) is 0 Å². The van der Waals surface area contributed by atoms with Gasteiger partial charge in [0.05, 0.1) is 10.6 Å². The Balaban J connectivity index is 1.81. The summed E-state index contributed by atoms with van der Waals surface area (Å²) in [5, 5.41) is 6.03. The number of hydrogen-bond donors (Lipinski definition) is 4. The molecule has 8 heteroatoms. The summed E-state index contributed by atoms with van der Waals surface area (Å²) in [6.45, 7) is 1.55. The molecule has 4 N–H and O–H groups in total. The van der Waals surface area contributed by atoms with Gasteiger partial charge < -0.3 is 10.6 Å². The number of halogens is 1. The minimum Gasteiger partial charge on any atom is -0.340 e. The molecule has 0 radical (unpaired) electrons. The molecule has 0 bridgehead atoms. The summed E-state index contributed by atoms with van der Waals surface area (Å²) in [5.41, 5.74) is 6.10. The van der Waals surface area contributed by atoms with Gasteiger partial charge in [0.1, 0.15) is 6.04 Å². The summed E-state index contributed by atoms with van der Waals surface area (Å²) in [5.74, 6) is -0.879. The summed E-state index contributed by atoms with van der Waals surface area (Å²) in [7, 11) is 0. The summed E-state index contributed by atoms with van der Waals surface area (Å²) < 4.78 is 0. The van der Waals surface area contributed by atoms with Gasteiger partial charge in [0.2, 0.25) is 0 Å². The van der Waals surface area contributed by atoms with Crippen LogP contribution in [0.3, 0.4) is 0 Å². The van der Waals surface area contributed by atoms with E-state index >= 15 is 0 Å². The number of anilines is 1. The van der Waals surface area contributed by atoms with Gasteiger partial charge in [-0.25, -0.2) is 0 Å². The molecule has 0 aliphatic heterocycles. The van der Waals surface area contributed by atoms with Gasteiger partial charge in [0.15, 0.2) is 5.11 Å². The standard InChI is InChI=1S/C17H17ClN4O2S/c1-11(19-16(24)13-9-5-6-10-14(13)18)15(23)21-22-17(25)20-12-7-3-2-4-8-12/h2-11H,1H3,(H,19,24)(H,21,23)(H2,20,22,25). The number of hydrazine groups is 1. The molecule has 0 aromatic heterocycles. The number of thiocarbonyl (C=S) groups is 1. The van der Waals surface area contributed by atoms with Crippen LogP contribution in [0.25, 0.3) is 0 Å². The fourth-order valence-electron chi connectivity index (χ4n) is 1.90. The van der Waals surface area contributed by atoms with E-state index in [1.54, 1.807) is 31.2 Å². The summed E-state index contributed by atoms with van der Waals surface area (Å²) in [6, 6.07) is 15.1. The minimum atomic E-state index is -0.782. The van der Waals surface area contributed by atoms with Crippen molar-refractivity contribution in [2.24, 2.45) is 0 Å². The highest BCUT2D eigenvalue weighted by atomic mass is 35.5. The highest BCUT2D eigenvalue weighted by Gasteiger charge is 2.18. The molecule has 2 aromatic rings. The predicted octanol–water partition coefficient (Wildman–Crippen LogP) is 2.48. The Morgan fingerprint density at radius 3 is 2.32 bits per heavy atom. The van der Waals surface area contributed by atoms with Crippen molar-refractivity contribution >= 4 is 46.4 Å². The van der Waals surface area contributed by atoms with Crippen LogP contribution in [0, 0.1) is 0 Å². The van der Waals surface area contributed by atoms with E-state index < -0.39 is 17.9 Å². The maximum Gasteiger partial charge on any atom is 0.260 e. The third-order valence-corrected chi connectivity index (χ3v) is 3.72. The second-order valence-electron chi connectivity index (χ2n) is 5.11. The van der Waals surface area contributed by atoms with E-state index in [1.807, 2.05) is 30.3 Å². The maximum absolute atomic E-state index is 12.1. The molecule has 0 heterocycles. The number of para-hydroxylation sites is 1. The minimum absolute atomic E-state index is 0.226. The van der Waals surface area contributed by atoms with Gasteiger partial charge >= 0.3 is 0 Å². The number of hydrogen-bond acceptors (Lipinski definition) is 3. The van der Waals surface area contributed by atoms with Crippen LogP contribution in [0.4, 0.5) is 5.69 Å². The first-order chi connectivity index (χ1) is 12.0. The van der Waals surface area contributed by atoms with Crippen molar-refractivity contribution < 1.29 is 9.59 Å². The zero-order chi connectivity index (χ0) is 18.2. The highest BCUT2D eigenvalue weighted by Crippen LogP contribution is 2.14. The Morgan fingerprint density at radius 2 is 1.64 bits per heavy atom. The Morgan fingerprint density at radius 1 is 1.00 bits per heavy atom. The first-order valence-corrected chi connectivity index (χ1v) is 8.23. The number of carbonyl (C=O) groups excluding carboxylic acids is 2. The molecule has 0 spiro atoms. The molecule has 2 rings (SSSR count). The van der Waals surface area contributed by atoms with E-state index in [0.717, 1.165) is 5.69 Å². The van der Waals surface area contributed by atoms with Crippen molar-refractivity contribution in [2.75, 3.05) is 5.32 Å². The molecule has 0 aliphatic rings. The number of benzene rings is 2. The van der Waals surface area contributed by atoms with Crippen LogP contribution in [-0.2, 0) is 4.79 Å². The van der Waals surface area contributed by atoms with E-state index in [1.165, 1.54) is 0 Å². The van der Waals surface area contributed by atoms with Crippen molar-refractivity contribution in [3.05, 3.63) is 65.2 Å². The van der Waals surface area contributed by atoms with Gasteiger partial charge in [-0.3, -0.25) is 20.4 Å². The van der Waals surface area contributed by atoms with E-state index in [9.17, 15) is 9.59 Å². The van der Waals surface area contributed by atoms with Gasteiger partial charge in [-0.05, 0) is 43.4 Å². The number of amides is 2. The summed E-state index contributed by atoms with van der Waals surface area (Å²) in [4.78, 5) is 24.2. The average Bonchev–Trinajstić information content (AvgIpc) is 2.60. The Hall–Kier alpha value is -2.64. The fraction of sp³-hybridized carbons (Fsp3) is 0.118. The van der Waals surface area contributed by atoms with Gasteiger partial charge in [-0.2, -0.15) is 0 Å². The fourth-order valence-corrected chi connectivity index (χ4v) is 2.29. The van der Waals surface area contributed by atoms with E-state index in [4.69, 9.17) is 23.8 Å². The van der Waals surface area contributed by atoms with Crippen molar-refractivity contribution in [2.45, 2.75) is 13.0 Å². The van der Waals surface area contributed by atoms with Crippen LogP contribution >= 0.6 is 23.8 Å². The second kappa shape index (κ2) is 9.00. The van der Waals surface area contributed by atoms with Crippen molar-refractivity contribution in [1.29, 1.82) is 0 Å². The number of rotatable bonds is 4. The van der Waals surface area contributed by atoms with E-state index in [2.05, 4.69) is 21.5 Å². The quantitative estimate of drug-likeness (QED) is 0.487. The van der Waals surface area contributed by atoms with Gasteiger partial charge in [0.25, 0.3) is 11.8 Å². The van der Waals surface area contributed by atoms with Crippen molar-refractivity contribution in [3.63, 3.8) is 0 Å². The average molecular weight is 377 g/mol. The molecule has 130 valence electrons. The van der Waals surface area contributed by atoms with Crippen LogP contribution in [0.15, 0.2) is 54.6 Å². The zero-order valence-corrected chi connectivity index (χ0v) is 14.9. The van der Waals surface area contributed by atoms with Crippen LogP contribution in [0.1, 0.15) is 17.3 Å². The third-order valence-electron chi connectivity index (χ3n) is 3.19. The van der Waals surface area contributed by atoms with Gasteiger partial charge in [0, 0.05) is 5.69 Å². The van der Waals surface area contributed by atoms with Crippen LogP contribution in [0.5, 0.6) is 0 Å². The van der Waals surface area contributed by atoms with E-state index in [0.29, 0.717) is 10.6 Å². The van der Waals surface area contributed by atoms with Crippen LogP contribution in [-0.4, -0.2) is 23.0 Å². The highest BCUT2D eigenvalue weighted by molar-refractivity contribution is 7.80. The molecule has 0 aliphatic carbocycles. The molecule has 0 fully saturated rings. The molecule has 2 aromatic carbocycles. The molecule has 1 atom stereocenters. The van der Waals surface area contributed by atoms with Gasteiger partial charge in [-0.1, -0.05) is 41.9 Å². The lowest BCUT2D eigenvalue weighted by Gasteiger charge is -2.16. The topological polar surface area (TPSA) is 82.3 Å². The normalized spacial score (nSPS) is 11.1. The third kappa shape index (κ3) is 5.74. The van der Waals surface area contributed by atoms with Crippen LogP contribution < -0.4 is 21.5 Å². The molecule has 1 unspecified atom stereocenters. The molecule has 2 amide bonds. The monoisotopic (exact) mass is 376 g/mol. The summed E-state index contributed by atoms with van der Waals surface area (Å²) in [6.07, 6.45) is 0.